The van der Waals surface area contributed by atoms with Crippen molar-refractivity contribution in [3.05, 3.63) is 65.2 Å². The highest BCUT2D eigenvalue weighted by atomic mass is 16.7. The number of carbonyl (C=O) groups excluding carboxylic acids is 3. The summed E-state index contributed by atoms with van der Waals surface area (Å²) in [5, 5.41) is 0. The van der Waals surface area contributed by atoms with Crippen molar-refractivity contribution >= 4 is 18.2 Å². The summed E-state index contributed by atoms with van der Waals surface area (Å²) in [4.78, 5) is 36.1. The van der Waals surface area contributed by atoms with Crippen LogP contribution >= 0.6 is 0 Å². The van der Waals surface area contributed by atoms with Gasteiger partial charge in [-0.3, -0.25) is 9.59 Å². The van der Waals surface area contributed by atoms with Crippen molar-refractivity contribution in [1.82, 2.24) is 0 Å². The molecule has 0 atom stereocenters. The van der Waals surface area contributed by atoms with E-state index in [0.717, 1.165) is 32.1 Å². The van der Waals surface area contributed by atoms with Crippen molar-refractivity contribution in [2.75, 3.05) is 0 Å². The van der Waals surface area contributed by atoms with E-state index in [0.29, 0.717) is 6.29 Å². The van der Waals surface area contributed by atoms with Crippen molar-refractivity contribution in [2.24, 2.45) is 0 Å². The van der Waals surface area contributed by atoms with Gasteiger partial charge in [0, 0.05) is 11.1 Å². The Morgan fingerprint density at radius 1 is 0.885 bits per heavy atom. The van der Waals surface area contributed by atoms with Gasteiger partial charge in [0.1, 0.15) is 11.9 Å². The van der Waals surface area contributed by atoms with E-state index in [1.54, 1.807) is 48.5 Å². The zero-order chi connectivity index (χ0) is 18.4. The van der Waals surface area contributed by atoms with Gasteiger partial charge in [0.15, 0.2) is 12.1 Å². The number of aldehydes is 1. The lowest BCUT2D eigenvalue weighted by molar-refractivity contribution is 0.0415. The predicted octanol–water partition coefficient (Wildman–Crippen LogP) is 4.58. The number of ketones is 1. The Kier molecular flexibility index (Phi) is 5.79. The molecule has 0 amide bonds. The fourth-order valence-electron chi connectivity index (χ4n) is 3.13. The minimum absolute atomic E-state index is 0.124. The molecule has 0 saturated heterocycles. The third-order valence-corrected chi connectivity index (χ3v) is 4.47. The summed E-state index contributed by atoms with van der Waals surface area (Å²) in [5.41, 5.74) is 0.763. The van der Waals surface area contributed by atoms with Crippen LogP contribution in [0.3, 0.4) is 0 Å². The first-order valence-electron chi connectivity index (χ1n) is 8.75. The molecule has 0 spiro atoms. The van der Waals surface area contributed by atoms with Crippen LogP contribution in [-0.2, 0) is 4.74 Å². The van der Waals surface area contributed by atoms with Crippen molar-refractivity contribution in [3.63, 3.8) is 0 Å². The molecule has 1 aliphatic carbocycles. The lowest BCUT2D eigenvalue weighted by Crippen LogP contribution is -2.23. The summed E-state index contributed by atoms with van der Waals surface area (Å²) in [6, 6.07) is 13.0. The van der Waals surface area contributed by atoms with Crippen LogP contribution < -0.4 is 4.74 Å². The Morgan fingerprint density at radius 2 is 1.54 bits per heavy atom. The summed E-state index contributed by atoms with van der Waals surface area (Å²) < 4.78 is 10.6. The smallest absolute Gasteiger partial charge is 0.431 e. The highest BCUT2D eigenvalue weighted by Crippen LogP contribution is 2.25. The predicted molar refractivity (Wildman–Crippen MR) is 95.7 cm³/mol. The summed E-state index contributed by atoms with van der Waals surface area (Å²) in [6.07, 6.45) is 4.60. The van der Waals surface area contributed by atoms with Gasteiger partial charge in [0.25, 0.3) is 0 Å². The maximum atomic E-state index is 12.8. The Labute approximate surface area is 151 Å². The average Bonchev–Trinajstić information content (AvgIpc) is 2.68. The first-order valence-corrected chi connectivity index (χ1v) is 8.75. The topological polar surface area (TPSA) is 69.7 Å². The molecule has 3 rings (SSSR count). The van der Waals surface area contributed by atoms with Gasteiger partial charge >= 0.3 is 6.16 Å². The second-order valence-corrected chi connectivity index (χ2v) is 6.26. The monoisotopic (exact) mass is 352 g/mol. The zero-order valence-electron chi connectivity index (χ0n) is 14.4. The Morgan fingerprint density at radius 3 is 2.27 bits per heavy atom. The number of ether oxygens (including phenoxy) is 2. The molecule has 0 heterocycles. The maximum absolute atomic E-state index is 12.8. The Hall–Kier alpha value is -2.95. The molecule has 0 aliphatic heterocycles. The number of para-hydroxylation sites is 1. The van der Waals surface area contributed by atoms with Crippen molar-refractivity contribution in [1.29, 1.82) is 0 Å². The van der Waals surface area contributed by atoms with E-state index in [1.807, 2.05) is 0 Å². The molecule has 26 heavy (non-hydrogen) atoms. The van der Waals surface area contributed by atoms with Crippen molar-refractivity contribution in [3.8, 4) is 5.75 Å². The molecule has 2 aromatic rings. The molecular weight excluding hydrogens is 332 g/mol. The minimum atomic E-state index is -0.805. The molecule has 134 valence electrons. The van der Waals surface area contributed by atoms with E-state index >= 15 is 0 Å². The van der Waals surface area contributed by atoms with Gasteiger partial charge in [0.2, 0.25) is 0 Å². The normalized spacial score (nSPS) is 14.5. The first-order chi connectivity index (χ1) is 12.7. The molecule has 0 unspecified atom stereocenters. The lowest BCUT2D eigenvalue weighted by atomic mass is 9.98. The van der Waals surface area contributed by atoms with E-state index < -0.39 is 6.16 Å². The van der Waals surface area contributed by atoms with Crippen molar-refractivity contribution in [2.45, 2.75) is 38.2 Å². The second kappa shape index (κ2) is 8.43. The number of hydrogen-bond donors (Lipinski definition) is 0. The third-order valence-electron chi connectivity index (χ3n) is 4.47. The van der Waals surface area contributed by atoms with E-state index in [2.05, 4.69) is 0 Å². The lowest BCUT2D eigenvalue weighted by Gasteiger charge is -2.21. The van der Waals surface area contributed by atoms with Crippen LogP contribution in [0.2, 0.25) is 0 Å². The van der Waals surface area contributed by atoms with E-state index in [-0.39, 0.29) is 34.3 Å². The third kappa shape index (κ3) is 4.17. The molecule has 0 N–H and O–H groups in total. The molecule has 1 aliphatic rings. The zero-order valence-corrected chi connectivity index (χ0v) is 14.4. The summed E-state index contributed by atoms with van der Waals surface area (Å²) in [6.45, 7) is 0. The van der Waals surface area contributed by atoms with E-state index in [4.69, 9.17) is 9.47 Å². The Balaban J connectivity index is 1.78. The molecule has 5 heteroatoms. The molecule has 2 aromatic carbocycles. The quantitative estimate of drug-likeness (QED) is 0.341. The SMILES string of the molecule is O=Cc1ccccc1C(=O)c1ccccc1OC(=O)OC1CCCCC1. The fraction of sp³-hybridized carbons (Fsp3) is 0.286. The van der Waals surface area contributed by atoms with Gasteiger partial charge < -0.3 is 9.47 Å². The van der Waals surface area contributed by atoms with Crippen LogP contribution in [0.4, 0.5) is 4.79 Å². The number of rotatable bonds is 5. The van der Waals surface area contributed by atoms with Crippen LogP contribution in [0.5, 0.6) is 5.75 Å². The van der Waals surface area contributed by atoms with E-state index in [1.165, 1.54) is 0 Å². The fourth-order valence-corrected chi connectivity index (χ4v) is 3.13. The highest BCUT2D eigenvalue weighted by molar-refractivity contribution is 6.14. The van der Waals surface area contributed by atoms with Gasteiger partial charge in [-0.05, 0) is 37.8 Å². The van der Waals surface area contributed by atoms with Gasteiger partial charge in [-0.2, -0.15) is 0 Å². The molecule has 0 radical (unpaired) electrons. The van der Waals surface area contributed by atoms with E-state index in [9.17, 15) is 14.4 Å². The molecular formula is C21H20O5. The van der Waals surface area contributed by atoms with Crippen LogP contribution in [0.25, 0.3) is 0 Å². The van der Waals surface area contributed by atoms with Crippen LogP contribution in [0.15, 0.2) is 48.5 Å². The van der Waals surface area contributed by atoms with Gasteiger partial charge in [-0.15, -0.1) is 0 Å². The van der Waals surface area contributed by atoms with Crippen molar-refractivity contribution < 1.29 is 23.9 Å². The molecule has 1 saturated carbocycles. The summed E-state index contributed by atoms with van der Waals surface area (Å²) in [7, 11) is 0. The molecule has 0 bridgehead atoms. The van der Waals surface area contributed by atoms with Crippen LogP contribution in [-0.4, -0.2) is 24.3 Å². The highest BCUT2D eigenvalue weighted by Gasteiger charge is 2.22. The number of benzene rings is 2. The van der Waals surface area contributed by atoms with Gasteiger partial charge in [-0.1, -0.05) is 42.8 Å². The number of hydrogen-bond acceptors (Lipinski definition) is 5. The Bertz CT molecular complexity index is 806. The molecule has 1 fully saturated rings. The standard InChI is InChI=1S/C21H20O5/c22-14-15-8-4-5-11-17(15)20(23)18-12-6-7-13-19(18)26-21(24)25-16-9-2-1-3-10-16/h4-8,11-14,16H,1-3,9-10H2. The molecule has 0 aromatic heterocycles. The maximum Gasteiger partial charge on any atom is 0.514 e. The van der Waals surface area contributed by atoms with Gasteiger partial charge in [0.05, 0.1) is 5.56 Å². The summed E-state index contributed by atoms with van der Waals surface area (Å²) in [5.74, 6) is -0.257. The number of carbonyl (C=O) groups is 3. The molecule has 5 nitrogen and oxygen atoms in total. The summed E-state index contributed by atoms with van der Waals surface area (Å²) >= 11 is 0. The van der Waals surface area contributed by atoms with Crippen LogP contribution in [0.1, 0.15) is 58.4 Å². The largest absolute Gasteiger partial charge is 0.514 e. The van der Waals surface area contributed by atoms with Crippen LogP contribution in [0, 0.1) is 0 Å². The minimum Gasteiger partial charge on any atom is -0.431 e. The first kappa shape index (κ1) is 17.9. The second-order valence-electron chi connectivity index (χ2n) is 6.26. The van der Waals surface area contributed by atoms with Gasteiger partial charge in [-0.25, -0.2) is 4.79 Å². The average molecular weight is 352 g/mol.